The van der Waals surface area contributed by atoms with Crippen molar-refractivity contribution in [2.45, 2.75) is 57.0 Å². The summed E-state index contributed by atoms with van der Waals surface area (Å²) < 4.78 is 0. The number of nitrogens with one attached hydrogen (secondary N) is 3. The normalized spacial score (nSPS) is 19.9. The number of aromatic amines is 1. The van der Waals surface area contributed by atoms with Crippen molar-refractivity contribution in [3.63, 3.8) is 0 Å². The van der Waals surface area contributed by atoms with Gasteiger partial charge in [0.05, 0.1) is 6.04 Å². The zero-order valence-corrected chi connectivity index (χ0v) is 11.8. The lowest BCUT2D eigenvalue weighted by atomic mass is 9.79. The summed E-state index contributed by atoms with van der Waals surface area (Å²) in [5, 5.41) is 6.39. The maximum atomic E-state index is 12.2. The van der Waals surface area contributed by atoms with Crippen molar-refractivity contribution in [2.24, 2.45) is 0 Å². The van der Waals surface area contributed by atoms with Gasteiger partial charge in [-0.25, -0.2) is 4.98 Å². The maximum absolute atomic E-state index is 12.2. The molecule has 0 bridgehead atoms. The second-order valence-electron chi connectivity index (χ2n) is 5.53. The predicted octanol–water partition coefficient (Wildman–Crippen LogP) is 1.90. The number of imidazole rings is 1. The van der Waals surface area contributed by atoms with Gasteiger partial charge in [0.1, 0.15) is 5.82 Å². The highest BCUT2D eigenvalue weighted by atomic mass is 16.1. The Labute approximate surface area is 114 Å². The molecule has 106 valence electrons. The van der Waals surface area contributed by atoms with Gasteiger partial charge in [-0.1, -0.05) is 19.3 Å². The first-order chi connectivity index (χ1) is 9.15. The van der Waals surface area contributed by atoms with Crippen LogP contribution in [-0.2, 0) is 4.79 Å². The van der Waals surface area contributed by atoms with Gasteiger partial charge in [-0.05, 0) is 26.8 Å². The molecule has 1 atom stereocenters. The Morgan fingerprint density at radius 1 is 1.47 bits per heavy atom. The summed E-state index contributed by atoms with van der Waals surface area (Å²) in [4.78, 5) is 19.4. The van der Waals surface area contributed by atoms with E-state index in [1.807, 2.05) is 14.0 Å². The summed E-state index contributed by atoms with van der Waals surface area (Å²) in [6, 6.07) is -0.0694. The quantitative estimate of drug-likeness (QED) is 0.760. The molecule has 3 N–H and O–H groups in total. The van der Waals surface area contributed by atoms with Gasteiger partial charge in [-0.3, -0.25) is 4.79 Å². The SMILES string of the molecule is CNC1(CC(=O)NC(C)c2ncc[nH]2)CCCCC1. The van der Waals surface area contributed by atoms with Gasteiger partial charge in [0.2, 0.25) is 5.91 Å². The van der Waals surface area contributed by atoms with E-state index >= 15 is 0 Å². The highest BCUT2D eigenvalue weighted by Gasteiger charge is 2.32. The van der Waals surface area contributed by atoms with Crippen molar-refractivity contribution in [3.8, 4) is 0 Å². The number of carbonyl (C=O) groups excluding carboxylic acids is 1. The fourth-order valence-electron chi connectivity index (χ4n) is 2.93. The number of rotatable bonds is 5. The number of aromatic nitrogens is 2. The third kappa shape index (κ3) is 3.56. The monoisotopic (exact) mass is 264 g/mol. The fraction of sp³-hybridized carbons (Fsp3) is 0.714. The van der Waals surface area contributed by atoms with Crippen LogP contribution in [0, 0.1) is 0 Å². The Morgan fingerprint density at radius 3 is 2.79 bits per heavy atom. The van der Waals surface area contributed by atoms with Crippen LogP contribution < -0.4 is 10.6 Å². The van der Waals surface area contributed by atoms with Crippen LogP contribution in [0.15, 0.2) is 12.4 Å². The van der Waals surface area contributed by atoms with Crippen LogP contribution in [0.4, 0.5) is 0 Å². The van der Waals surface area contributed by atoms with E-state index in [1.54, 1.807) is 12.4 Å². The molecule has 0 aromatic carbocycles. The van der Waals surface area contributed by atoms with Crippen molar-refractivity contribution in [3.05, 3.63) is 18.2 Å². The smallest absolute Gasteiger partial charge is 0.222 e. The Morgan fingerprint density at radius 2 is 2.21 bits per heavy atom. The molecule has 5 heteroatoms. The summed E-state index contributed by atoms with van der Waals surface area (Å²) in [6.07, 6.45) is 9.91. The topological polar surface area (TPSA) is 69.8 Å². The lowest BCUT2D eigenvalue weighted by Crippen LogP contribution is -2.48. The molecule has 1 saturated carbocycles. The van der Waals surface area contributed by atoms with Gasteiger partial charge in [0, 0.05) is 24.4 Å². The van der Waals surface area contributed by atoms with E-state index < -0.39 is 0 Å². The summed E-state index contributed by atoms with van der Waals surface area (Å²) in [5.41, 5.74) is -0.00871. The minimum absolute atomic E-state index is 0.00871. The van der Waals surface area contributed by atoms with Crippen molar-refractivity contribution in [1.82, 2.24) is 20.6 Å². The van der Waals surface area contributed by atoms with Crippen LogP contribution in [0.1, 0.15) is 57.3 Å². The first kappa shape index (κ1) is 14.1. The van der Waals surface area contributed by atoms with Gasteiger partial charge in [-0.15, -0.1) is 0 Å². The molecule has 1 aliphatic carbocycles. The van der Waals surface area contributed by atoms with Gasteiger partial charge in [0.15, 0.2) is 0 Å². The number of amides is 1. The van der Waals surface area contributed by atoms with Crippen molar-refractivity contribution < 1.29 is 4.79 Å². The Kier molecular flexibility index (Phi) is 4.58. The summed E-state index contributed by atoms with van der Waals surface area (Å²) in [7, 11) is 1.97. The molecule has 1 fully saturated rings. The molecule has 1 amide bonds. The van der Waals surface area contributed by atoms with Crippen LogP contribution in [0.25, 0.3) is 0 Å². The maximum Gasteiger partial charge on any atom is 0.222 e. The van der Waals surface area contributed by atoms with E-state index in [9.17, 15) is 4.79 Å². The number of hydrogen-bond donors (Lipinski definition) is 3. The van der Waals surface area contributed by atoms with Crippen molar-refractivity contribution >= 4 is 5.91 Å². The predicted molar refractivity (Wildman–Crippen MR) is 74.6 cm³/mol. The zero-order valence-electron chi connectivity index (χ0n) is 11.8. The van der Waals surface area contributed by atoms with E-state index in [1.165, 1.54) is 19.3 Å². The molecule has 1 aromatic rings. The lowest BCUT2D eigenvalue weighted by Gasteiger charge is -2.36. The average molecular weight is 264 g/mol. The molecular formula is C14H24N4O. The minimum Gasteiger partial charge on any atom is -0.347 e. The number of carbonyl (C=O) groups is 1. The largest absolute Gasteiger partial charge is 0.347 e. The molecule has 1 aliphatic rings. The third-order valence-electron chi connectivity index (χ3n) is 4.15. The zero-order chi connectivity index (χ0) is 13.7. The van der Waals surface area contributed by atoms with Gasteiger partial charge in [-0.2, -0.15) is 0 Å². The molecule has 2 rings (SSSR count). The van der Waals surface area contributed by atoms with Gasteiger partial charge in [0.25, 0.3) is 0 Å². The molecule has 5 nitrogen and oxygen atoms in total. The van der Waals surface area contributed by atoms with E-state index in [4.69, 9.17) is 0 Å². The van der Waals surface area contributed by atoms with E-state index in [0.29, 0.717) is 6.42 Å². The van der Waals surface area contributed by atoms with E-state index in [-0.39, 0.29) is 17.5 Å². The molecule has 1 aromatic heterocycles. The summed E-state index contributed by atoms with van der Waals surface area (Å²) >= 11 is 0. The van der Waals surface area contributed by atoms with Crippen molar-refractivity contribution in [2.75, 3.05) is 7.05 Å². The Bertz CT molecular complexity index is 396. The third-order valence-corrected chi connectivity index (χ3v) is 4.15. The standard InChI is InChI=1S/C14H24N4O/c1-11(13-16-8-9-17-13)18-12(19)10-14(15-2)6-4-3-5-7-14/h8-9,11,15H,3-7,10H2,1-2H3,(H,16,17)(H,18,19). The molecule has 0 aliphatic heterocycles. The first-order valence-corrected chi connectivity index (χ1v) is 7.13. The Hall–Kier alpha value is -1.36. The minimum atomic E-state index is -0.0694. The summed E-state index contributed by atoms with van der Waals surface area (Å²) in [6.45, 7) is 1.95. The molecule has 1 unspecified atom stereocenters. The number of hydrogen-bond acceptors (Lipinski definition) is 3. The molecule has 19 heavy (non-hydrogen) atoms. The Balaban J connectivity index is 1.89. The average Bonchev–Trinajstić information content (AvgIpc) is 2.93. The molecule has 0 spiro atoms. The fourth-order valence-corrected chi connectivity index (χ4v) is 2.93. The lowest BCUT2D eigenvalue weighted by molar-refractivity contribution is -0.123. The number of nitrogens with zero attached hydrogens (tertiary/aromatic N) is 1. The number of H-pyrrole nitrogens is 1. The van der Waals surface area contributed by atoms with Crippen LogP contribution in [0.5, 0.6) is 0 Å². The molecule has 1 heterocycles. The molecule has 0 radical (unpaired) electrons. The van der Waals surface area contributed by atoms with Crippen LogP contribution >= 0.6 is 0 Å². The second-order valence-corrected chi connectivity index (χ2v) is 5.53. The second kappa shape index (κ2) is 6.19. The summed E-state index contributed by atoms with van der Waals surface area (Å²) in [5.74, 6) is 0.899. The van der Waals surface area contributed by atoms with Gasteiger partial charge >= 0.3 is 0 Å². The molecule has 0 saturated heterocycles. The van der Waals surface area contributed by atoms with Crippen LogP contribution in [0.3, 0.4) is 0 Å². The van der Waals surface area contributed by atoms with E-state index in [0.717, 1.165) is 18.7 Å². The van der Waals surface area contributed by atoms with Crippen molar-refractivity contribution in [1.29, 1.82) is 0 Å². The van der Waals surface area contributed by atoms with Crippen LogP contribution in [0.2, 0.25) is 0 Å². The highest BCUT2D eigenvalue weighted by Crippen LogP contribution is 2.30. The van der Waals surface area contributed by atoms with Gasteiger partial charge < -0.3 is 15.6 Å². The molecular weight excluding hydrogens is 240 g/mol. The first-order valence-electron chi connectivity index (χ1n) is 7.13. The highest BCUT2D eigenvalue weighted by molar-refractivity contribution is 5.77. The van der Waals surface area contributed by atoms with Crippen LogP contribution in [-0.4, -0.2) is 28.5 Å². The van der Waals surface area contributed by atoms with E-state index in [2.05, 4.69) is 20.6 Å².